The molecule has 5 atom stereocenters. The summed E-state index contributed by atoms with van der Waals surface area (Å²) in [6.07, 6.45) is -4.31. The van der Waals surface area contributed by atoms with E-state index in [0.717, 1.165) is 6.33 Å². The molecule has 6 N–H and O–H groups in total. The van der Waals surface area contributed by atoms with Crippen molar-refractivity contribution in [2.24, 2.45) is 4.88 Å². The quantitative estimate of drug-likeness (QED) is 0.176. The molecule has 0 bridgehead atoms. The van der Waals surface area contributed by atoms with Crippen molar-refractivity contribution in [3.8, 4) is 0 Å². The largest absolute Gasteiger partial charge is 0.418 e. The summed E-state index contributed by atoms with van der Waals surface area (Å²) in [5.74, 6) is -0.187. The fourth-order valence-electron chi connectivity index (χ4n) is 2.47. The van der Waals surface area contributed by atoms with Gasteiger partial charge < -0.3 is 30.1 Å². The van der Waals surface area contributed by atoms with Crippen LogP contribution in [0.4, 0.5) is 5.95 Å². The van der Waals surface area contributed by atoms with Crippen molar-refractivity contribution in [3.63, 3.8) is 0 Å². The van der Waals surface area contributed by atoms with E-state index >= 15 is 0 Å². The number of azide groups is 1. The summed E-state index contributed by atoms with van der Waals surface area (Å²) >= 11 is 0. The fourth-order valence-corrected chi connectivity index (χ4v) is 2.97. The molecule has 3 rings (SSSR count). The maximum absolute atomic E-state index is 11.8. The molecule has 0 aliphatic carbocycles. The summed E-state index contributed by atoms with van der Waals surface area (Å²) in [6.45, 7) is -0.649. The number of aromatic nitrogens is 4. The Bertz CT molecular complexity index is 983. The first-order valence-corrected chi connectivity index (χ1v) is 8.54. The van der Waals surface area contributed by atoms with E-state index in [2.05, 4.69) is 29.3 Å². The van der Waals surface area contributed by atoms with Crippen LogP contribution in [0, 0.1) is 0 Å². The average molecular weight is 388 g/mol. The van der Waals surface area contributed by atoms with Crippen LogP contribution in [0.2, 0.25) is 0 Å². The molecule has 15 nitrogen and oxygen atoms in total. The number of ether oxygens (including phenoxy) is 1. The zero-order chi connectivity index (χ0) is 19.1. The second-order valence-electron chi connectivity index (χ2n) is 5.29. The van der Waals surface area contributed by atoms with Crippen molar-refractivity contribution in [2.75, 3.05) is 12.3 Å². The second-order valence-corrected chi connectivity index (χ2v) is 6.70. The Kier molecular flexibility index (Phi) is 4.68. The minimum Gasteiger partial charge on any atom is -0.387 e. The molecular formula is C10H13N8O7P. The number of fused-ring (bicyclic) bond motifs is 1. The van der Waals surface area contributed by atoms with Gasteiger partial charge in [0.05, 0.1) is 12.9 Å². The van der Waals surface area contributed by atoms with Gasteiger partial charge in [0.25, 0.3) is 5.56 Å². The lowest BCUT2D eigenvalue weighted by Crippen LogP contribution is -2.33. The molecule has 2 aromatic rings. The summed E-state index contributed by atoms with van der Waals surface area (Å²) in [5.41, 5.74) is 13.0. The Morgan fingerprint density at radius 3 is 2.96 bits per heavy atom. The summed E-state index contributed by atoms with van der Waals surface area (Å²) in [6, 6.07) is 0. The predicted octanol–water partition coefficient (Wildman–Crippen LogP) is -1.25. The minimum atomic E-state index is -4.58. The van der Waals surface area contributed by atoms with Crippen LogP contribution in [0.25, 0.3) is 21.6 Å². The third-order valence-corrected chi connectivity index (χ3v) is 4.41. The first-order valence-electron chi connectivity index (χ1n) is 7.01. The van der Waals surface area contributed by atoms with E-state index in [1.165, 1.54) is 4.57 Å². The molecule has 3 heterocycles. The number of aliphatic hydroxyl groups is 2. The number of imidazole rings is 1. The molecule has 2 aromatic heterocycles. The van der Waals surface area contributed by atoms with Gasteiger partial charge in [-0.15, -0.1) is 0 Å². The smallest absolute Gasteiger partial charge is 0.387 e. The third kappa shape index (κ3) is 3.27. The first kappa shape index (κ1) is 18.3. The van der Waals surface area contributed by atoms with Crippen LogP contribution in [-0.4, -0.2) is 59.5 Å². The van der Waals surface area contributed by atoms with Crippen molar-refractivity contribution >= 4 is 24.9 Å². The number of aliphatic hydroxyl groups excluding tert-OH is 2. The van der Waals surface area contributed by atoms with Crippen molar-refractivity contribution in [3.05, 3.63) is 27.1 Å². The van der Waals surface area contributed by atoms with Crippen LogP contribution < -0.4 is 11.3 Å². The molecule has 0 aromatic carbocycles. The van der Waals surface area contributed by atoms with Crippen LogP contribution in [0.1, 0.15) is 6.23 Å². The number of nitrogens with one attached hydrogen (secondary N) is 1. The van der Waals surface area contributed by atoms with Gasteiger partial charge in [-0.05, 0) is 5.53 Å². The minimum absolute atomic E-state index is 0.00554. The number of anilines is 1. The van der Waals surface area contributed by atoms with E-state index in [0.29, 0.717) is 0 Å². The Balaban J connectivity index is 1.85. The standard InChI is InChI=1S/C10H13N8O7P/c11-10-14-7-4(8(21)15-10)13-2-18(7)9-6(20)5(19)3(25-9)1-24-26(22,23)17-16-12/h2-3,5-6,9,19-20H,1H2,(H,22,23)(H3,11,14,15,21)/t3-,5-,6-,9-/m1/s1. The lowest BCUT2D eigenvalue weighted by Gasteiger charge is -2.16. The topological polar surface area (TPSA) is 235 Å². The molecule has 0 saturated carbocycles. The molecule has 0 spiro atoms. The van der Waals surface area contributed by atoms with Crippen LogP contribution in [-0.2, 0) is 13.8 Å². The normalized spacial score (nSPS) is 28.0. The Morgan fingerprint density at radius 1 is 1.54 bits per heavy atom. The number of H-pyrrole nitrogens is 1. The lowest BCUT2D eigenvalue weighted by molar-refractivity contribution is -0.0484. The van der Waals surface area contributed by atoms with Gasteiger partial charge >= 0.3 is 7.75 Å². The van der Waals surface area contributed by atoms with Gasteiger partial charge in [0, 0.05) is 9.80 Å². The molecule has 1 aliphatic heterocycles. The Labute approximate surface area is 143 Å². The van der Waals surface area contributed by atoms with E-state index in [4.69, 9.17) is 16.0 Å². The molecular weight excluding hydrogens is 375 g/mol. The molecule has 1 unspecified atom stereocenters. The van der Waals surface area contributed by atoms with Gasteiger partial charge in [0.15, 0.2) is 17.4 Å². The summed E-state index contributed by atoms with van der Waals surface area (Å²) in [4.78, 5) is 35.8. The maximum Gasteiger partial charge on any atom is 0.418 e. The van der Waals surface area contributed by atoms with Gasteiger partial charge in [0.2, 0.25) is 5.95 Å². The lowest BCUT2D eigenvalue weighted by atomic mass is 10.1. The molecule has 16 heteroatoms. The van der Waals surface area contributed by atoms with E-state index in [-0.39, 0.29) is 17.1 Å². The average Bonchev–Trinajstić information content (AvgIpc) is 3.08. The fraction of sp³-hybridized carbons (Fsp3) is 0.500. The number of aromatic amines is 1. The summed E-state index contributed by atoms with van der Waals surface area (Å²) in [5, 5.41) is 20.3. The highest BCUT2D eigenvalue weighted by Crippen LogP contribution is 2.44. The highest BCUT2D eigenvalue weighted by atomic mass is 31.2. The van der Waals surface area contributed by atoms with E-state index in [1.54, 1.807) is 0 Å². The van der Waals surface area contributed by atoms with E-state index < -0.39 is 44.5 Å². The van der Waals surface area contributed by atoms with Crippen molar-refractivity contribution < 1.29 is 28.9 Å². The Morgan fingerprint density at radius 2 is 2.27 bits per heavy atom. The number of nitrogens with two attached hydrogens (primary N) is 1. The zero-order valence-corrected chi connectivity index (χ0v) is 13.7. The molecule has 26 heavy (non-hydrogen) atoms. The van der Waals surface area contributed by atoms with Crippen molar-refractivity contribution in [1.29, 1.82) is 0 Å². The van der Waals surface area contributed by atoms with Gasteiger partial charge in [-0.25, -0.2) is 4.98 Å². The number of nitrogens with zero attached hydrogens (tertiary/aromatic N) is 6. The van der Waals surface area contributed by atoms with E-state index in [9.17, 15) is 24.5 Å². The van der Waals surface area contributed by atoms with Crippen molar-refractivity contribution in [1.82, 2.24) is 19.5 Å². The number of hydrogen-bond acceptors (Lipinski definition) is 9. The third-order valence-electron chi connectivity index (χ3n) is 3.62. The van der Waals surface area contributed by atoms with Crippen LogP contribution in [0.3, 0.4) is 0 Å². The molecule has 140 valence electrons. The molecule has 1 saturated heterocycles. The van der Waals surface area contributed by atoms with Gasteiger partial charge in [-0.1, -0.05) is 0 Å². The number of hydrogen-bond donors (Lipinski definition) is 5. The monoisotopic (exact) mass is 388 g/mol. The second kappa shape index (κ2) is 6.66. The van der Waals surface area contributed by atoms with E-state index in [1.807, 2.05) is 0 Å². The molecule has 0 radical (unpaired) electrons. The van der Waals surface area contributed by atoms with Gasteiger partial charge in [-0.2, -0.15) is 4.98 Å². The van der Waals surface area contributed by atoms with Crippen molar-refractivity contribution in [2.45, 2.75) is 24.5 Å². The highest BCUT2D eigenvalue weighted by Gasteiger charge is 2.45. The van der Waals surface area contributed by atoms with Crippen LogP contribution in [0.5, 0.6) is 0 Å². The molecule has 1 fully saturated rings. The van der Waals surface area contributed by atoms with Gasteiger partial charge in [-0.3, -0.25) is 18.9 Å². The summed E-state index contributed by atoms with van der Waals surface area (Å²) < 4.78 is 22.5. The first-order chi connectivity index (χ1) is 12.2. The van der Waals surface area contributed by atoms with Crippen LogP contribution >= 0.6 is 7.75 Å². The van der Waals surface area contributed by atoms with Gasteiger partial charge in [0.1, 0.15) is 18.3 Å². The number of rotatable bonds is 5. The zero-order valence-electron chi connectivity index (χ0n) is 12.8. The maximum atomic E-state index is 11.8. The molecule has 1 aliphatic rings. The predicted molar refractivity (Wildman–Crippen MR) is 83.4 cm³/mol. The Hall–Kier alpha value is -2.51. The number of nitrogen functional groups attached to an aromatic ring is 1. The van der Waals surface area contributed by atoms with Crippen LogP contribution in [0.15, 0.2) is 16.0 Å². The highest BCUT2D eigenvalue weighted by molar-refractivity contribution is 7.51. The summed E-state index contributed by atoms with van der Waals surface area (Å²) in [7, 11) is -4.58. The SMILES string of the molecule is [N-]=[N+]=NP(=O)(O)OC[C@H]1O[C@@H](n2cnc3c(=O)[nH]c(N)nc32)[C@H](O)[C@@H]1O. The molecule has 0 amide bonds.